The number of phenolic OH excluding ortho intramolecular Hbond substituents is 1. The van der Waals surface area contributed by atoms with Gasteiger partial charge in [-0.05, 0) is 12.5 Å². The summed E-state index contributed by atoms with van der Waals surface area (Å²) in [5.41, 5.74) is -0.226. The van der Waals surface area contributed by atoms with Gasteiger partial charge in [-0.1, -0.05) is 0 Å². The normalized spacial score (nSPS) is 11.4. The average Bonchev–Trinajstić information content (AvgIpc) is 2.10. The van der Waals surface area contributed by atoms with Gasteiger partial charge in [-0.2, -0.15) is 0 Å². The number of aromatic hydroxyl groups is 1. The third kappa shape index (κ3) is 3.03. The van der Waals surface area contributed by atoms with Crippen molar-refractivity contribution in [3.05, 3.63) is 33.4 Å². The molecule has 0 aliphatic carbocycles. The van der Waals surface area contributed by atoms with Gasteiger partial charge in [-0.3, -0.25) is 14.7 Å². The van der Waals surface area contributed by atoms with Crippen molar-refractivity contribution >= 4 is 13.3 Å². The van der Waals surface area contributed by atoms with Crippen molar-refractivity contribution in [1.82, 2.24) is 0 Å². The van der Waals surface area contributed by atoms with E-state index in [1.165, 1.54) is 6.92 Å². The number of nitrogens with zero attached hydrogens (tertiary/aromatic N) is 1. The Hall–Kier alpha value is -1.43. The van der Waals surface area contributed by atoms with Gasteiger partial charge in [-0.25, -0.2) is 0 Å². The van der Waals surface area contributed by atoms with Gasteiger partial charge in [0, 0.05) is 17.7 Å². The number of hydrogen-bond donors (Lipinski definition) is 3. The van der Waals surface area contributed by atoms with E-state index in [-0.39, 0.29) is 22.6 Å². The number of aryl methyl sites for hydroxylation is 1. The first-order chi connectivity index (χ1) is 7.20. The van der Waals surface area contributed by atoms with E-state index in [2.05, 4.69) is 0 Å². The zero-order chi connectivity index (χ0) is 12.5. The van der Waals surface area contributed by atoms with Crippen molar-refractivity contribution in [2.24, 2.45) is 0 Å². The monoisotopic (exact) mass is 247 g/mol. The highest BCUT2D eigenvalue weighted by molar-refractivity contribution is 7.50. The van der Waals surface area contributed by atoms with E-state index in [0.717, 1.165) is 12.1 Å². The van der Waals surface area contributed by atoms with Crippen LogP contribution in [0, 0.1) is 17.0 Å². The average molecular weight is 247 g/mol. The molecule has 0 aliphatic rings. The largest absolute Gasteiger partial charge is 0.507 e. The van der Waals surface area contributed by atoms with Gasteiger partial charge in [0.2, 0.25) is 0 Å². The summed E-state index contributed by atoms with van der Waals surface area (Å²) in [5, 5.41) is 20.0. The Morgan fingerprint density at radius 2 is 2.00 bits per heavy atom. The van der Waals surface area contributed by atoms with Gasteiger partial charge in [0.05, 0.1) is 11.1 Å². The van der Waals surface area contributed by atoms with Gasteiger partial charge >= 0.3 is 7.60 Å². The number of non-ortho nitro benzene ring substituents is 1. The molecule has 0 radical (unpaired) electrons. The highest BCUT2D eigenvalue weighted by Crippen LogP contribution is 2.43. The van der Waals surface area contributed by atoms with Crippen LogP contribution in [-0.4, -0.2) is 19.8 Å². The Bertz CT molecular complexity index is 480. The summed E-state index contributed by atoms with van der Waals surface area (Å²) in [6, 6.07) is 2.10. The second-order valence-corrected chi connectivity index (χ2v) is 5.00. The third-order valence-electron chi connectivity index (χ3n) is 1.95. The summed E-state index contributed by atoms with van der Waals surface area (Å²) in [7, 11) is -4.37. The maximum atomic E-state index is 10.8. The number of benzene rings is 1. The van der Waals surface area contributed by atoms with Crippen LogP contribution in [0.2, 0.25) is 0 Å². The maximum absolute atomic E-state index is 10.8. The number of rotatable bonds is 3. The quantitative estimate of drug-likeness (QED) is 0.420. The fraction of sp³-hybridized carbons (Fsp3) is 0.250. The van der Waals surface area contributed by atoms with Crippen LogP contribution in [0.25, 0.3) is 0 Å². The minimum Gasteiger partial charge on any atom is -0.507 e. The van der Waals surface area contributed by atoms with E-state index in [0.29, 0.717) is 0 Å². The third-order valence-corrected chi connectivity index (χ3v) is 2.70. The molecule has 0 spiro atoms. The maximum Gasteiger partial charge on any atom is 0.330 e. The van der Waals surface area contributed by atoms with Gasteiger partial charge in [0.25, 0.3) is 5.69 Å². The Morgan fingerprint density at radius 1 is 1.44 bits per heavy atom. The molecule has 0 aromatic heterocycles. The lowest BCUT2D eigenvalue weighted by molar-refractivity contribution is -0.385. The highest BCUT2D eigenvalue weighted by Gasteiger charge is 2.21. The summed E-state index contributed by atoms with van der Waals surface area (Å²) in [4.78, 5) is 27.3. The van der Waals surface area contributed by atoms with E-state index < -0.39 is 18.7 Å². The summed E-state index contributed by atoms with van der Waals surface area (Å²) in [6.45, 7) is 1.42. The predicted octanol–water partition coefficient (Wildman–Crippen LogP) is 1.29. The topological polar surface area (TPSA) is 121 Å². The van der Waals surface area contributed by atoms with E-state index in [4.69, 9.17) is 9.79 Å². The number of nitro groups is 1. The molecule has 88 valence electrons. The molecule has 0 fully saturated rings. The molecule has 0 amide bonds. The summed E-state index contributed by atoms with van der Waals surface area (Å²) in [5.74, 6) is -0.325. The highest BCUT2D eigenvalue weighted by atomic mass is 31.2. The fourth-order valence-corrected chi connectivity index (χ4v) is 1.96. The van der Waals surface area contributed by atoms with E-state index in [9.17, 15) is 19.8 Å². The molecule has 0 saturated heterocycles. The summed E-state index contributed by atoms with van der Waals surface area (Å²) in [6.07, 6.45) is -0.721. The Morgan fingerprint density at radius 3 is 2.44 bits per heavy atom. The predicted molar refractivity (Wildman–Crippen MR) is 55.2 cm³/mol. The van der Waals surface area contributed by atoms with Crippen molar-refractivity contribution in [3.63, 3.8) is 0 Å². The molecule has 0 unspecified atom stereocenters. The molecule has 8 heteroatoms. The number of nitro benzene ring substituents is 1. The minimum absolute atomic E-state index is 0.125. The van der Waals surface area contributed by atoms with Crippen LogP contribution in [0.3, 0.4) is 0 Å². The van der Waals surface area contributed by atoms with Gasteiger partial charge in [-0.15, -0.1) is 0 Å². The van der Waals surface area contributed by atoms with Crippen molar-refractivity contribution in [2.75, 3.05) is 0 Å². The van der Waals surface area contributed by atoms with E-state index in [1.54, 1.807) is 0 Å². The molecule has 0 saturated carbocycles. The number of hydrogen-bond acceptors (Lipinski definition) is 4. The molecule has 1 aromatic rings. The van der Waals surface area contributed by atoms with Crippen molar-refractivity contribution in [1.29, 1.82) is 0 Å². The molecule has 0 atom stereocenters. The smallest absolute Gasteiger partial charge is 0.330 e. The van der Waals surface area contributed by atoms with Crippen LogP contribution in [0.4, 0.5) is 5.69 Å². The molecule has 0 aliphatic heterocycles. The molecule has 0 heterocycles. The first kappa shape index (κ1) is 12.6. The Labute approximate surface area is 90.7 Å². The van der Waals surface area contributed by atoms with Gasteiger partial charge < -0.3 is 14.9 Å². The fourth-order valence-electron chi connectivity index (χ4n) is 1.28. The van der Waals surface area contributed by atoms with Crippen LogP contribution in [-0.2, 0) is 10.7 Å². The van der Waals surface area contributed by atoms with Crippen molar-refractivity contribution < 1.29 is 24.4 Å². The molecular formula is C8H10NO6P. The van der Waals surface area contributed by atoms with Crippen LogP contribution < -0.4 is 0 Å². The molecule has 1 aromatic carbocycles. The zero-order valence-corrected chi connectivity index (χ0v) is 9.22. The Balaban J connectivity index is 3.27. The molecule has 7 nitrogen and oxygen atoms in total. The molecule has 0 bridgehead atoms. The lowest BCUT2D eigenvalue weighted by atomic mass is 10.1. The molecule has 1 rings (SSSR count). The molecular weight excluding hydrogens is 237 g/mol. The molecule has 3 N–H and O–H groups in total. The van der Waals surface area contributed by atoms with Crippen LogP contribution in [0.15, 0.2) is 12.1 Å². The van der Waals surface area contributed by atoms with Gasteiger partial charge in [0.1, 0.15) is 5.75 Å². The van der Waals surface area contributed by atoms with E-state index >= 15 is 0 Å². The van der Waals surface area contributed by atoms with Crippen LogP contribution in [0.1, 0.15) is 11.1 Å². The van der Waals surface area contributed by atoms with Crippen LogP contribution in [0.5, 0.6) is 5.75 Å². The van der Waals surface area contributed by atoms with Crippen LogP contribution >= 0.6 is 7.60 Å². The first-order valence-electron chi connectivity index (χ1n) is 4.22. The number of phenols is 1. The minimum atomic E-state index is -4.37. The standard InChI is InChI=1S/C8H10NO6P/c1-5-2-7(9(11)12)3-6(8(5)10)4-16(13,14)15/h2-3,10H,4H2,1H3,(H2,13,14,15). The zero-order valence-electron chi connectivity index (χ0n) is 8.32. The van der Waals surface area contributed by atoms with E-state index in [1.807, 2.05) is 0 Å². The SMILES string of the molecule is Cc1cc([N+](=O)[O-])cc(CP(=O)(O)O)c1O. The second kappa shape index (κ2) is 4.21. The lowest BCUT2D eigenvalue weighted by Gasteiger charge is -2.08. The lowest BCUT2D eigenvalue weighted by Crippen LogP contribution is -1.94. The van der Waals surface area contributed by atoms with Crippen molar-refractivity contribution in [3.8, 4) is 5.75 Å². The Kier molecular flexibility index (Phi) is 3.32. The first-order valence-corrected chi connectivity index (χ1v) is 6.02. The molecule has 16 heavy (non-hydrogen) atoms. The second-order valence-electron chi connectivity index (χ2n) is 3.35. The van der Waals surface area contributed by atoms with Crippen molar-refractivity contribution in [2.45, 2.75) is 13.1 Å². The van der Waals surface area contributed by atoms with Gasteiger partial charge in [0.15, 0.2) is 0 Å². The summed E-state index contributed by atoms with van der Waals surface area (Å²) >= 11 is 0. The summed E-state index contributed by atoms with van der Waals surface area (Å²) < 4.78 is 10.8.